The Labute approximate surface area is 211 Å². The van der Waals surface area contributed by atoms with Crippen LogP contribution in [0.25, 0.3) is 11.0 Å². The Morgan fingerprint density at radius 3 is 2.31 bits per heavy atom. The largest absolute Gasteiger partial charge is 0.348 e. The van der Waals surface area contributed by atoms with Gasteiger partial charge in [0.25, 0.3) is 5.91 Å². The predicted molar refractivity (Wildman–Crippen MR) is 137 cm³/mol. The van der Waals surface area contributed by atoms with Gasteiger partial charge in [0.15, 0.2) is 5.16 Å². The summed E-state index contributed by atoms with van der Waals surface area (Å²) in [5, 5.41) is 3.51. The number of imidazole rings is 1. The summed E-state index contributed by atoms with van der Waals surface area (Å²) in [5.41, 5.74) is 4.16. The highest BCUT2D eigenvalue weighted by Crippen LogP contribution is 2.28. The Hall–Kier alpha value is -4.04. The number of nitrogens with one attached hydrogen (secondary N) is 1. The molecule has 0 unspecified atom stereocenters. The molecule has 5 aromatic rings. The SMILES string of the molecule is O=C(NCc1ccccc1F)c1ccc(CSc2nc3ccncc3n2Cc2ccccc2F)cc1. The van der Waals surface area contributed by atoms with Crippen LogP contribution < -0.4 is 5.32 Å². The van der Waals surface area contributed by atoms with E-state index in [1.807, 2.05) is 28.8 Å². The average molecular weight is 501 g/mol. The molecule has 5 rings (SSSR count). The molecule has 36 heavy (non-hydrogen) atoms. The molecule has 1 N–H and O–H groups in total. The lowest BCUT2D eigenvalue weighted by Gasteiger charge is -2.10. The minimum Gasteiger partial charge on any atom is -0.348 e. The molecule has 0 bridgehead atoms. The van der Waals surface area contributed by atoms with Gasteiger partial charge in [0.2, 0.25) is 0 Å². The van der Waals surface area contributed by atoms with Crippen molar-refractivity contribution in [3.8, 4) is 0 Å². The lowest BCUT2D eigenvalue weighted by molar-refractivity contribution is 0.0950. The van der Waals surface area contributed by atoms with Crippen LogP contribution in [0.3, 0.4) is 0 Å². The first kappa shape index (κ1) is 23.7. The number of pyridine rings is 1. The summed E-state index contributed by atoms with van der Waals surface area (Å²) in [5.74, 6) is -0.257. The fourth-order valence-electron chi connectivity index (χ4n) is 3.83. The molecule has 1 amide bonds. The lowest BCUT2D eigenvalue weighted by atomic mass is 10.1. The molecule has 0 saturated heterocycles. The Balaban J connectivity index is 1.27. The zero-order valence-electron chi connectivity index (χ0n) is 19.2. The first-order valence-corrected chi connectivity index (χ1v) is 12.3. The molecule has 0 radical (unpaired) electrons. The van der Waals surface area contributed by atoms with Crippen LogP contribution in [0.15, 0.2) is 96.4 Å². The van der Waals surface area contributed by atoms with Crippen molar-refractivity contribution in [2.75, 3.05) is 0 Å². The molecule has 8 heteroatoms. The third-order valence-electron chi connectivity index (χ3n) is 5.78. The summed E-state index contributed by atoms with van der Waals surface area (Å²) in [6, 6.07) is 22.2. The number of hydrogen-bond acceptors (Lipinski definition) is 4. The van der Waals surface area contributed by atoms with Gasteiger partial charge in [0.1, 0.15) is 11.6 Å². The molecule has 2 aromatic heterocycles. The highest BCUT2D eigenvalue weighted by molar-refractivity contribution is 7.98. The van der Waals surface area contributed by atoms with Crippen LogP contribution in [-0.2, 0) is 18.8 Å². The van der Waals surface area contributed by atoms with Crippen molar-refractivity contribution in [1.29, 1.82) is 0 Å². The number of halogens is 2. The van der Waals surface area contributed by atoms with Gasteiger partial charge in [-0.3, -0.25) is 9.78 Å². The molecular formula is C28H22F2N4OS. The summed E-state index contributed by atoms with van der Waals surface area (Å²) in [6.07, 6.45) is 3.43. The number of amides is 1. The molecule has 0 aliphatic heterocycles. The molecule has 3 aromatic carbocycles. The standard InChI is InChI=1S/C28H22F2N4OS/c29-23-7-3-1-5-21(23)15-32-27(35)20-11-9-19(10-12-20)18-36-28-33-25-13-14-31-16-26(25)34(28)17-22-6-2-4-8-24(22)30/h1-14,16H,15,17-18H2,(H,32,35). The number of nitrogens with zero attached hydrogens (tertiary/aromatic N) is 3. The molecule has 0 spiro atoms. The van der Waals surface area contributed by atoms with Crippen LogP contribution in [0.4, 0.5) is 8.78 Å². The number of thioether (sulfide) groups is 1. The third kappa shape index (κ3) is 5.28. The van der Waals surface area contributed by atoms with Crippen molar-refractivity contribution in [3.05, 3.63) is 125 Å². The summed E-state index contributed by atoms with van der Waals surface area (Å²) < 4.78 is 30.1. The number of benzene rings is 3. The van der Waals surface area contributed by atoms with Gasteiger partial charge in [0, 0.05) is 35.2 Å². The fourth-order valence-corrected chi connectivity index (χ4v) is 4.80. The van der Waals surface area contributed by atoms with E-state index in [1.165, 1.54) is 23.9 Å². The second-order valence-electron chi connectivity index (χ2n) is 8.20. The van der Waals surface area contributed by atoms with E-state index in [9.17, 15) is 13.6 Å². The first-order valence-electron chi connectivity index (χ1n) is 11.4. The maximum Gasteiger partial charge on any atom is 0.251 e. The van der Waals surface area contributed by atoms with Gasteiger partial charge in [0.05, 0.1) is 23.8 Å². The predicted octanol–water partition coefficient (Wildman–Crippen LogP) is 5.98. The van der Waals surface area contributed by atoms with Crippen molar-refractivity contribution in [2.45, 2.75) is 24.0 Å². The van der Waals surface area contributed by atoms with Crippen molar-refractivity contribution < 1.29 is 13.6 Å². The maximum atomic E-state index is 14.3. The Bertz CT molecular complexity index is 1520. The van der Waals surface area contributed by atoms with Gasteiger partial charge < -0.3 is 9.88 Å². The fraction of sp³-hybridized carbons (Fsp3) is 0.107. The van der Waals surface area contributed by atoms with E-state index in [1.54, 1.807) is 54.9 Å². The minimum absolute atomic E-state index is 0.121. The van der Waals surface area contributed by atoms with Gasteiger partial charge in [-0.2, -0.15) is 0 Å². The van der Waals surface area contributed by atoms with E-state index in [2.05, 4.69) is 10.3 Å². The Morgan fingerprint density at radius 2 is 1.58 bits per heavy atom. The molecule has 0 atom stereocenters. The zero-order chi connectivity index (χ0) is 24.9. The minimum atomic E-state index is -0.345. The van der Waals surface area contributed by atoms with E-state index in [0.717, 1.165) is 21.8 Å². The van der Waals surface area contributed by atoms with E-state index >= 15 is 0 Å². The number of hydrogen-bond donors (Lipinski definition) is 1. The van der Waals surface area contributed by atoms with Crippen molar-refractivity contribution >= 4 is 28.7 Å². The molecule has 180 valence electrons. The Kier molecular flexibility index (Phi) is 7.04. The van der Waals surface area contributed by atoms with Crippen LogP contribution in [-0.4, -0.2) is 20.4 Å². The van der Waals surface area contributed by atoms with Crippen LogP contribution in [0, 0.1) is 11.6 Å². The average Bonchev–Trinajstić information content (AvgIpc) is 3.25. The van der Waals surface area contributed by atoms with E-state index in [0.29, 0.717) is 29.0 Å². The van der Waals surface area contributed by atoms with Crippen LogP contribution >= 0.6 is 11.8 Å². The summed E-state index contributed by atoms with van der Waals surface area (Å²) in [4.78, 5) is 21.4. The van der Waals surface area contributed by atoms with Gasteiger partial charge in [-0.1, -0.05) is 60.3 Å². The lowest BCUT2D eigenvalue weighted by Crippen LogP contribution is -2.23. The molecular weight excluding hydrogens is 478 g/mol. The number of carbonyl (C=O) groups excluding carboxylic acids is 1. The van der Waals surface area contributed by atoms with Crippen LogP contribution in [0.5, 0.6) is 0 Å². The molecule has 2 heterocycles. The second kappa shape index (κ2) is 10.7. The second-order valence-corrected chi connectivity index (χ2v) is 9.14. The highest BCUT2D eigenvalue weighted by atomic mass is 32.2. The van der Waals surface area contributed by atoms with Crippen molar-refractivity contribution in [3.63, 3.8) is 0 Å². The topological polar surface area (TPSA) is 59.8 Å². The van der Waals surface area contributed by atoms with Gasteiger partial charge >= 0.3 is 0 Å². The van der Waals surface area contributed by atoms with Crippen molar-refractivity contribution in [2.24, 2.45) is 0 Å². The van der Waals surface area contributed by atoms with Gasteiger partial charge in [-0.25, -0.2) is 13.8 Å². The smallest absolute Gasteiger partial charge is 0.251 e. The monoisotopic (exact) mass is 500 g/mol. The molecule has 0 fully saturated rings. The molecule has 0 saturated carbocycles. The van der Waals surface area contributed by atoms with E-state index in [4.69, 9.17) is 4.98 Å². The summed E-state index contributed by atoms with van der Waals surface area (Å²) in [6.45, 7) is 0.467. The molecule has 5 nitrogen and oxygen atoms in total. The first-order chi connectivity index (χ1) is 17.6. The quantitative estimate of drug-likeness (QED) is 0.266. The van der Waals surface area contributed by atoms with E-state index < -0.39 is 0 Å². The number of rotatable bonds is 8. The zero-order valence-corrected chi connectivity index (χ0v) is 20.0. The number of fused-ring (bicyclic) bond motifs is 1. The van der Waals surface area contributed by atoms with Gasteiger partial charge in [-0.05, 0) is 35.9 Å². The summed E-state index contributed by atoms with van der Waals surface area (Å²) in [7, 11) is 0. The summed E-state index contributed by atoms with van der Waals surface area (Å²) >= 11 is 1.53. The van der Waals surface area contributed by atoms with Crippen LogP contribution in [0.1, 0.15) is 27.0 Å². The Morgan fingerprint density at radius 1 is 0.889 bits per heavy atom. The highest BCUT2D eigenvalue weighted by Gasteiger charge is 2.14. The van der Waals surface area contributed by atoms with E-state index in [-0.39, 0.29) is 24.1 Å². The third-order valence-corrected chi connectivity index (χ3v) is 6.83. The number of carbonyl (C=O) groups is 1. The normalized spacial score (nSPS) is 11.1. The molecule has 0 aliphatic carbocycles. The van der Waals surface area contributed by atoms with Gasteiger partial charge in [-0.15, -0.1) is 0 Å². The molecule has 0 aliphatic rings. The van der Waals surface area contributed by atoms with Crippen LogP contribution in [0.2, 0.25) is 0 Å². The van der Waals surface area contributed by atoms with Crippen molar-refractivity contribution in [1.82, 2.24) is 19.9 Å². The maximum absolute atomic E-state index is 14.3. The number of aromatic nitrogens is 3.